The molecule has 2 rings (SSSR count). The first-order valence-electron chi connectivity index (χ1n) is 9.86. The van der Waals surface area contributed by atoms with Crippen molar-refractivity contribution in [3.63, 3.8) is 0 Å². The molecule has 0 spiro atoms. The highest BCUT2D eigenvalue weighted by atomic mass is 16.3. The third kappa shape index (κ3) is 5.80. The minimum atomic E-state index is 0.232. The van der Waals surface area contributed by atoms with Gasteiger partial charge in [-0.3, -0.25) is 4.99 Å². The Labute approximate surface area is 157 Å². The van der Waals surface area contributed by atoms with Crippen LogP contribution >= 0.6 is 0 Å². The minimum absolute atomic E-state index is 0.232. The second-order valence-corrected chi connectivity index (χ2v) is 6.82. The van der Waals surface area contributed by atoms with Crippen molar-refractivity contribution in [3.8, 4) is 5.75 Å². The standard InChI is InChI=1S/C20H34N4O2/c1-3-7-17(10-15-25)16-22-20(21-4-2)24-13-11-23(12-14-24)18-8-5-6-9-19(18)26/h5-6,8-9,17,25-26H,3-4,7,10-16H2,1-2H3,(H,21,22). The Morgan fingerprint density at radius 2 is 1.88 bits per heavy atom. The van der Waals surface area contributed by atoms with E-state index in [1.165, 1.54) is 0 Å². The molecule has 1 aliphatic rings. The van der Waals surface area contributed by atoms with Crippen LogP contribution in [0, 0.1) is 5.92 Å². The number of phenolic OH excluding ortho intramolecular Hbond substituents is 1. The van der Waals surface area contributed by atoms with Gasteiger partial charge in [0.2, 0.25) is 0 Å². The van der Waals surface area contributed by atoms with Crippen LogP contribution in [0.5, 0.6) is 5.75 Å². The number of aromatic hydroxyl groups is 1. The van der Waals surface area contributed by atoms with Gasteiger partial charge in [-0.2, -0.15) is 0 Å². The number of phenols is 1. The Morgan fingerprint density at radius 3 is 2.50 bits per heavy atom. The van der Waals surface area contributed by atoms with Gasteiger partial charge >= 0.3 is 0 Å². The number of para-hydroxylation sites is 2. The van der Waals surface area contributed by atoms with Crippen LogP contribution in [0.25, 0.3) is 0 Å². The first kappa shape index (κ1) is 20.4. The van der Waals surface area contributed by atoms with Crippen molar-refractivity contribution < 1.29 is 10.2 Å². The van der Waals surface area contributed by atoms with E-state index < -0.39 is 0 Å². The zero-order valence-electron chi connectivity index (χ0n) is 16.2. The minimum Gasteiger partial charge on any atom is -0.506 e. The zero-order chi connectivity index (χ0) is 18.8. The van der Waals surface area contributed by atoms with Gasteiger partial charge in [0.15, 0.2) is 5.96 Å². The molecule has 1 saturated heterocycles. The van der Waals surface area contributed by atoms with Crippen LogP contribution in [0.2, 0.25) is 0 Å². The number of nitrogens with zero attached hydrogens (tertiary/aromatic N) is 3. The van der Waals surface area contributed by atoms with Crippen LogP contribution < -0.4 is 10.2 Å². The lowest BCUT2D eigenvalue weighted by Crippen LogP contribution is -2.52. The fourth-order valence-electron chi connectivity index (χ4n) is 3.45. The number of aliphatic hydroxyl groups is 1. The first-order chi connectivity index (χ1) is 12.7. The van der Waals surface area contributed by atoms with Crippen molar-refractivity contribution in [3.05, 3.63) is 24.3 Å². The Morgan fingerprint density at radius 1 is 1.15 bits per heavy atom. The summed E-state index contributed by atoms with van der Waals surface area (Å²) in [6.45, 7) is 9.57. The van der Waals surface area contributed by atoms with E-state index in [4.69, 9.17) is 4.99 Å². The number of aliphatic hydroxyl groups excluding tert-OH is 1. The summed E-state index contributed by atoms with van der Waals surface area (Å²) in [4.78, 5) is 9.36. The van der Waals surface area contributed by atoms with Gasteiger partial charge in [-0.1, -0.05) is 25.5 Å². The predicted octanol–water partition coefficient (Wildman–Crippen LogP) is 2.28. The van der Waals surface area contributed by atoms with E-state index in [0.29, 0.717) is 11.7 Å². The van der Waals surface area contributed by atoms with Crippen LogP contribution in [-0.4, -0.2) is 66.9 Å². The van der Waals surface area contributed by atoms with E-state index in [1.807, 2.05) is 18.2 Å². The molecule has 0 radical (unpaired) electrons. The highest BCUT2D eigenvalue weighted by Gasteiger charge is 2.21. The molecule has 1 aromatic carbocycles. The summed E-state index contributed by atoms with van der Waals surface area (Å²) in [5.74, 6) is 1.75. The summed E-state index contributed by atoms with van der Waals surface area (Å²) in [7, 11) is 0. The largest absolute Gasteiger partial charge is 0.506 e. The van der Waals surface area contributed by atoms with Gasteiger partial charge in [0, 0.05) is 45.9 Å². The molecule has 1 heterocycles. The number of piperazine rings is 1. The Balaban J connectivity index is 1.96. The first-order valence-corrected chi connectivity index (χ1v) is 9.86. The molecule has 1 fully saturated rings. The highest BCUT2D eigenvalue weighted by molar-refractivity contribution is 5.80. The molecule has 1 aromatic rings. The molecular weight excluding hydrogens is 328 g/mol. The molecule has 6 heteroatoms. The van der Waals surface area contributed by atoms with Crippen LogP contribution in [0.4, 0.5) is 5.69 Å². The van der Waals surface area contributed by atoms with E-state index >= 15 is 0 Å². The molecule has 0 bridgehead atoms. The third-order valence-corrected chi connectivity index (χ3v) is 4.87. The maximum absolute atomic E-state index is 10.1. The number of guanidine groups is 1. The maximum Gasteiger partial charge on any atom is 0.194 e. The van der Waals surface area contributed by atoms with Crippen molar-refractivity contribution in [1.29, 1.82) is 0 Å². The van der Waals surface area contributed by atoms with Crippen LogP contribution in [0.3, 0.4) is 0 Å². The summed E-state index contributed by atoms with van der Waals surface area (Å²) >= 11 is 0. The Bertz CT molecular complexity index is 550. The van der Waals surface area contributed by atoms with Gasteiger partial charge in [0.05, 0.1) is 5.69 Å². The summed E-state index contributed by atoms with van der Waals surface area (Å²) < 4.78 is 0. The van der Waals surface area contributed by atoms with Gasteiger partial charge in [0.1, 0.15) is 5.75 Å². The number of benzene rings is 1. The lowest BCUT2D eigenvalue weighted by Gasteiger charge is -2.38. The topological polar surface area (TPSA) is 71.3 Å². The van der Waals surface area contributed by atoms with E-state index in [1.54, 1.807) is 6.07 Å². The second kappa shape index (κ2) is 10.9. The molecule has 1 aliphatic heterocycles. The molecule has 6 nitrogen and oxygen atoms in total. The summed E-state index contributed by atoms with van der Waals surface area (Å²) in [5.41, 5.74) is 0.903. The lowest BCUT2D eigenvalue weighted by atomic mass is 10.0. The molecule has 0 amide bonds. The summed E-state index contributed by atoms with van der Waals surface area (Å²) in [6, 6.07) is 7.52. The smallest absolute Gasteiger partial charge is 0.194 e. The van der Waals surface area contributed by atoms with Crippen molar-refractivity contribution >= 4 is 11.6 Å². The van der Waals surface area contributed by atoms with E-state index in [2.05, 4.69) is 29.0 Å². The fraction of sp³-hybridized carbons (Fsp3) is 0.650. The number of aliphatic imine (C=N–C) groups is 1. The van der Waals surface area contributed by atoms with Crippen LogP contribution in [-0.2, 0) is 0 Å². The summed E-state index contributed by atoms with van der Waals surface area (Å²) in [6.07, 6.45) is 3.04. The SMILES string of the molecule is CCCC(CCO)CN=C(NCC)N1CCN(c2ccccc2O)CC1. The van der Waals surface area contributed by atoms with Gasteiger partial charge in [0.25, 0.3) is 0 Å². The quantitative estimate of drug-likeness (QED) is 0.489. The van der Waals surface area contributed by atoms with E-state index in [9.17, 15) is 10.2 Å². The molecule has 26 heavy (non-hydrogen) atoms. The van der Waals surface area contributed by atoms with Crippen LogP contribution in [0.15, 0.2) is 29.3 Å². The van der Waals surface area contributed by atoms with Crippen molar-refractivity contribution in [2.45, 2.75) is 33.1 Å². The van der Waals surface area contributed by atoms with E-state index in [0.717, 1.165) is 70.2 Å². The van der Waals surface area contributed by atoms with Gasteiger partial charge in [-0.05, 0) is 37.8 Å². The average molecular weight is 363 g/mol. The molecule has 146 valence electrons. The third-order valence-electron chi connectivity index (χ3n) is 4.87. The average Bonchev–Trinajstić information content (AvgIpc) is 2.66. The number of rotatable bonds is 8. The normalized spacial score (nSPS) is 16.7. The number of anilines is 1. The maximum atomic E-state index is 10.1. The van der Waals surface area contributed by atoms with Crippen LogP contribution in [0.1, 0.15) is 33.1 Å². The predicted molar refractivity (Wildman–Crippen MR) is 108 cm³/mol. The van der Waals surface area contributed by atoms with E-state index in [-0.39, 0.29) is 6.61 Å². The van der Waals surface area contributed by atoms with Crippen molar-refractivity contribution in [2.75, 3.05) is 50.8 Å². The molecular formula is C20H34N4O2. The number of hydrogen-bond donors (Lipinski definition) is 3. The van der Waals surface area contributed by atoms with Gasteiger partial charge < -0.3 is 25.3 Å². The second-order valence-electron chi connectivity index (χ2n) is 6.82. The Hall–Kier alpha value is -1.95. The van der Waals surface area contributed by atoms with Crippen molar-refractivity contribution in [2.24, 2.45) is 10.9 Å². The van der Waals surface area contributed by atoms with Gasteiger partial charge in [-0.25, -0.2) is 0 Å². The van der Waals surface area contributed by atoms with Gasteiger partial charge in [-0.15, -0.1) is 0 Å². The van der Waals surface area contributed by atoms with Crippen molar-refractivity contribution in [1.82, 2.24) is 10.2 Å². The number of hydrogen-bond acceptors (Lipinski definition) is 4. The molecule has 0 aromatic heterocycles. The number of nitrogens with one attached hydrogen (secondary N) is 1. The highest BCUT2D eigenvalue weighted by Crippen LogP contribution is 2.27. The summed E-state index contributed by atoms with van der Waals surface area (Å²) in [5, 5.41) is 22.7. The molecule has 0 aliphatic carbocycles. The zero-order valence-corrected chi connectivity index (χ0v) is 16.2. The Kier molecular flexibility index (Phi) is 8.54. The monoisotopic (exact) mass is 362 g/mol. The molecule has 1 atom stereocenters. The lowest BCUT2D eigenvalue weighted by molar-refractivity contribution is 0.253. The molecule has 1 unspecified atom stereocenters. The fourth-order valence-corrected chi connectivity index (χ4v) is 3.45. The molecule has 0 saturated carbocycles. The molecule has 3 N–H and O–H groups in total.